The highest BCUT2D eigenvalue weighted by Gasteiger charge is 2.27. The minimum atomic E-state index is -1.15. The molecule has 0 bridgehead atoms. The number of carbonyl (C=O) groups is 2. The molecular formula is C33H36F2N6O5. The average Bonchev–Trinajstić information content (AvgIpc) is 3.45. The molecule has 4 rings (SSSR count). The van der Waals surface area contributed by atoms with E-state index in [-0.39, 0.29) is 49.0 Å². The smallest absolute Gasteiger partial charge is 0.404 e. The van der Waals surface area contributed by atoms with Gasteiger partial charge in [0.2, 0.25) is 5.82 Å². The fourth-order valence-electron chi connectivity index (χ4n) is 4.66. The SMILES string of the molecule is C#CCOc1ccc(-c2cnc3c(Nc4ccc(C(=O)NCCOC(COC(N)=O)C(C)(C)C)c(CC)c4)nccn23)c(F)c1F. The maximum absolute atomic E-state index is 15.0. The van der Waals surface area contributed by atoms with Gasteiger partial charge in [-0.2, -0.15) is 4.39 Å². The first-order valence-corrected chi connectivity index (χ1v) is 14.5. The number of ether oxygens (including phenoxy) is 3. The first-order valence-electron chi connectivity index (χ1n) is 14.5. The van der Waals surface area contributed by atoms with Crippen molar-refractivity contribution in [2.24, 2.45) is 11.1 Å². The van der Waals surface area contributed by atoms with Crippen LogP contribution in [0.1, 0.15) is 43.6 Å². The van der Waals surface area contributed by atoms with Crippen LogP contribution < -0.4 is 21.1 Å². The summed E-state index contributed by atoms with van der Waals surface area (Å²) in [6, 6.07) is 7.98. The Morgan fingerprint density at radius 1 is 1.15 bits per heavy atom. The maximum atomic E-state index is 15.0. The summed E-state index contributed by atoms with van der Waals surface area (Å²) in [7, 11) is 0. The molecule has 2 aromatic carbocycles. The fraction of sp³-hybridized carbons (Fsp3) is 0.333. The lowest BCUT2D eigenvalue weighted by atomic mass is 9.89. The van der Waals surface area contributed by atoms with Gasteiger partial charge >= 0.3 is 6.09 Å². The van der Waals surface area contributed by atoms with Gasteiger partial charge in [-0.3, -0.25) is 9.20 Å². The third kappa shape index (κ3) is 7.89. The first-order chi connectivity index (χ1) is 21.9. The molecule has 13 heteroatoms. The molecule has 1 atom stereocenters. The Morgan fingerprint density at radius 3 is 2.63 bits per heavy atom. The number of nitrogens with zero attached hydrogens (tertiary/aromatic N) is 3. The van der Waals surface area contributed by atoms with Gasteiger partial charge in [0.1, 0.15) is 13.2 Å². The number of nitrogens with one attached hydrogen (secondary N) is 2. The number of rotatable bonds is 13. The van der Waals surface area contributed by atoms with Gasteiger partial charge in [0, 0.05) is 35.8 Å². The number of terminal acetylenes is 1. The Bertz CT molecular complexity index is 1760. The lowest BCUT2D eigenvalue weighted by molar-refractivity contribution is -0.0498. The molecule has 2 heterocycles. The number of fused-ring (bicyclic) bond motifs is 1. The second kappa shape index (κ2) is 14.7. The van der Waals surface area contributed by atoms with Crippen molar-refractivity contribution >= 4 is 29.2 Å². The number of primary amides is 1. The van der Waals surface area contributed by atoms with Gasteiger partial charge in [-0.25, -0.2) is 19.2 Å². The highest BCUT2D eigenvalue weighted by Crippen LogP contribution is 2.32. The maximum Gasteiger partial charge on any atom is 0.404 e. The summed E-state index contributed by atoms with van der Waals surface area (Å²) in [6.45, 7) is 8.04. The fourth-order valence-corrected chi connectivity index (χ4v) is 4.66. The van der Waals surface area contributed by atoms with Crippen molar-refractivity contribution in [2.45, 2.75) is 40.2 Å². The summed E-state index contributed by atoms with van der Waals surface area (Å²) in [6.07, 6.45) is 8.96. The number of imidazole rings is 1. The Labute approximate surface area is 265 Å². The van der Waals surface area contributed by atoms with Gasteiger partial charge < -0.3 is 30.6 Å². The molecule has 2 amide bonds. The van der Waals surface area contributed by atoms with Crippen LogP contribution in [0.3, 0.4) is 0 Å². The van der Waals surface area contributed by atoms with E-state index in [0.717, 1.165) is 5.56 Å². The largest absolute Gasteiger partial charge is 0.478 e. The predicted molar refractivity (Wildman–Crippen MR) is 169 cm³/mol. The zero-order valence-corrected chi connectivity index (χ0v) is 26.0. The average molecular weight is 635 g/mol. The van der Waals surface area contributed by atoms with E-state index < -0.39 is 23.8 Å². The van der Waals surface area contributed by atoms with Gasteiger partial charge in [-0.1, -0.05) is 33.6 Å². The van der Waals surface area contributed by atoms with Gasteiger partial charge in [0.25, 0.3) is 5.91 Å². The molecule has 4 N–H and O–H groups in total. The molecule has 242 valence electrons. The van der Waals surface area contributed by atoms with E-state index in [4.69, 9.17) is 26.4 Å². The second-order valence-electron chi connectivity index (χ2n) is 11.3. The van der Waals surface area contributed by atoms with E-state index >= 15 is 4.39 Å². The van der Waals surface area contributed by atoms with E-state index in [1.807, 2.05) is 33.8 Å². The number of amides is 2. The number of aryl methyl sites for hydroxylation is 1. The van der Waals surface area contributed by atoms with Crippen molar-refractivity contribution in [1.29, 1.82) is 0 Å². The van der Waals surface area contributed by atoms with Crippen LogP contribution in [0.25, 0.3) is 16.9 Å². The van der Waals surface area contributed by atoms with Crippen LogP contribution in [0.5, 0.6) is 5.75 Å². The Hall–Kier alpha value is -5.22. The van der Waals surface area contributed by atoms with E-state index in [1.54, 1.807) is 22.7 Å². The zero-order chi connectivity index (χ0) is 33.4. The molecule has 0 aliphatic heterocycles. The van der Waals surface area contributed by atoms with Crippen molar-refractivity contribution in [3.05, 3.63) is 71.7 Å². The normalized spacial score (nSPS) is 11.9. The van der Waals surface area contributed by atoms with E-state index in [0.29, 0.717) is 34.8 Å². The molecule has 0 spiro atoms. The van der Waals surface area contributed by atoms with Gasteiger partial charge in [-0.15, -0.1) is 6.42 Å². The van der Waals surface area contributed by atoms with Crippen LogP contribution >= 0.6 is 0 Å². The number of hydrogen-bond acceptors (Lipinski definition) is 8. The summed E-state index contributed by atoms with van der Waals surface area (Å²) in [5.41, 5.74) is 7.36. The molecule has 1 unspecified atom stereocenters. The molecule has 11 nitrogen and oxygen atoms in total. The van der Waals surface area contributed by atoms with Gasteiger partial charge in [0.05, 0.1) is 24.6 Å². The summed E-state index contributed by atoms with van der Waals surface area (Å²) >= 11 is 0. The van der Waals surface area contributed by atoms with Crippen LogP contribution in [0.4, 0.5) is 25.1 Å². The van der Waals surface area contributed by atoms with Crippen LogP contribution in [0.15, 0.2) is 48.9 Å². The van der Waals surface area contributed by atoms with E-state index in [1.165, 1.54) is 24.5 Å². The van der Waals surface area contributed by atoms with Crippen molar-refractivity contribution in [1.82, 2.24) is 19.7 Å². The van der Waals surface area contributed by atoms with Crippen molar-refractivity contribution < 1.29 is 32.6 Å². The third-order valence-corrected chi connectivity index (χ3v) is 7.10. The third-order valence-electron chi connectivity index (χ3n) is 7.10. The number of carbonyl (C=O) groups excluding carboxylic acids is 2. The lowest BCUT2D eigenvalue weighted by Gasteiger charge is -2.30. The van der Waals surface area contributed by atoms with E-state index in [2.05, 4.69) is 26.5 Å². The van der Waals surface area contributed by atoms with Crippen LogP contribution in [-0.4, -0.2) is 58.8 Å². The molecule has 0 saturated heterocycles. The monoisotopic (exact) mass is 634 g/mol. The molecule has 0 aliphatic rings. The Kier molecular flexibility index (Phi) is 10.8. The molecule has 0 aliphatic carbocycles. The molecule has 4 aromatic rings. The highest BCUT2D eigenvalue weighted by atomic mass is 19.2. The topological polar surface area (TPSA) is 142 Å². The number of hydrogen-bond donors (Lipinski definition) is 3. The van der Waals surface area contributed by atoms with Crippen LogP contribution in [-0.2, 0) is 15.9 Å². The summed E-state index contributed by atoms with van der Waals surface area (Å²) in [5.74, 6) is -0.210. The first kappa shape index (κ1) is 33.7. The highest BCUT2D eigenvalue weighted by molar-refractivity contribution is 5.96. The molecule has 2 aromatic heterocycles. The molecule has 0 radical (unpaired) electrons. The quantitative estimate of drug-likeness (QED) is 0.134. The van der Waals surface area contributed by atoms with Gasteiger partial charge in [-0.05, 0) is 47.7 Å². The van der Waals surface area contributed by atoms with Crippen molar-refractivity contribution in [2.75, 3.05) is 31.7 Å². The molecule has 0 fully saturated rings. The van der Waals surface area contributed by atoms with E-state index in [9.17, 15) is 14.0 Å². The number of anilines is 2. The summed E-state index contributed by atoms with van der Waals surface area (Å²) in [4.78, 5) is 32.8. The van der Waals surface area contributed by atoms with Gasteiger partial charge in [0.15, 0.2) is 23.0 Å². The number of aromatic nitrogens is 3. The Balaban J connectivity index is 1.46. The minimum Gasteiger partial charge on any atom is -0.478 e. The number of halogens is 2. The Morgan fingerprint density at radius 2 is 1.93 bits per heavy atom. The number of nitrogens with two attached hydrogens (primary N) is 1. The molecule has 0 saturated carbocycles. The summed E-state index contributed by atoms with van der Waals surface area (Å²) < 4.78 is 47.1. The molecule has 46 heavy (non-hydrogen) atoms. The zero-order valence-electron chi connectivity index (χ0n) is 26.0. The van der Waals surface area contributed by atoms with Crippen LogP contribution in [0.2, 0.25) is 0 Å². The molecular weight excluding hydrogens is 598 g/mol. The second-order valence-corrected chi connectivity index (χ2v) is 11.3. The lowest BCUT2D eigenvalue weighted by Crippen LogP contribution is -2.38. The standard InChI is InChI=1S/C33H36F2N6O5/c1-6-15-44-25-11-10-23(27(34)28(25)35)24-18-39-30-29(37-12-14-41(24)30)40-21-8-9-22(20(7-2)17-21)31(42)38-13-16-45-26(33(3,4)5)19-46-32(36)43/h1,8-12,14,17-18,26H,7,13,15-16,19H2,2-5H3,(H2,36,43)(H,37,40)(H,38,42). The van der Waals surface area contributed by atoms with Crippen LogP contribution in [0, 0.1) is 29.4 Å². The number of benzene rings is 2. The minimum absolute atomic E-state index is 0.00947. The van der Waals surface area contributed by atoms with Crippen molar-refractivity contribution in [3.63, 3.8) is 0 Å². The summed E-state index contributed by atoms with van der Waals surface area (Å²) in [5, 5.41) is 6.07. The van der Waals surface area contributed by atoms with Crippen molar-refractivity contribution in [3.8, 4) is 29.4 Å². The predicted octanol–water partition coefficient (Wildman–Crippen LogP) is 5.25.